The number of anilines is 1. The minimum Gasteiger partial charge on any atom is -0.379 e. The number of nitrogens with one attached hydrogen (secondary N) is 2. The van der Waals surface area contributed by atoms with E-state index in [-0.39, 0.29) is 11.9 Å². The molecular formula is C18H28N2O3. The SMILES string of the molecule is CCOCCOCc1cccc(NC(=O)C2CCCCN2)c1C. The molecule has 1 unspecified atom stereocenters. The van der Waals surface area contributed by atoms with E-state index in [1.807, 2.05) is 32.0 Å². The van der Waals surface area contributed by atoms with Gasteiger partial charge in [-0.25, -0.2) is 0 Å². The molecule has 0 aliphatic carbocycles. The second kappa shape index (κ2) is 9.65. The van der Waals surface area contributed by atoms with Crippen LogP contribution in [0.5, 0.6) is 0 Å². The Morgan fingerprint density at radius 3 is 2.87 bits per heavy atom. The number of rotatable bonds is 8. The minimum absolute atomic E-state index is 0.0576. The normalized spacial score (nSPS) is 17.9. The maximum absolute atomic E-state index is 12.3. The molecule has 1 heterocycles. The van der Waals surface area contributed by atoms with E-state index in [0.717, 1.165) is 42.6 Å². The van der Waals surface area contributed by atoms with Crippen molar-refractivity contribution in [2.75, 3.05) is 31.7 Å². The molecule has 1 fully saturated rings. The first-order valence-corrected chi connectivity index (χ1v) is 8.50. The molecule has 0 radical (unpaired) electrons. The molecule has 0 spiro atoms. The molecule has 1 aliphatic rings. The van der Waals surface area contributed by atoms with Crippen LogP contribution in [0.2, 0.25) is 0 Å². The second-order valence-corrected chi connectivity index (χ2v) is 5.83. The number of amides is 1. The summed E-state index contributed by atoms with van der Waals surface area (Å²) in [5.41, 5.74) is 3.03. The lowest BCUT2D eigenvalue weighted by Crippen LogP contribution is -2.43. The van der Waals surface area contributed by atoms with Gasteiger partial charge in [-0.15, -0.1) is 0 Å². The van der Waals surface area contributed by atoms with Gasteiger partial charge in [0.05, 0.1) is 25.9 Å². The van der Waals surface area contributed by atoms with Gasteiger partial charge in [-0.2, -0.15) is 0 Å². The molecule has 0 aromatic heterocycles. The molecule has 0 bridgehead atoms. The molecule has 23 heavy (non-hydrogen) atoms. The highest BCUT2D eigenvalue weighted by atomic mass is 16.5. The lowest BCUT2D eigenvalue weighted by atomic mass is 10.0. The first kappa shape index (κ1) is 17.9. The molecule has 1 saturated heterocycles. The average Bonchev–Trinajstić information content (AvgIpc) is 2.58. The van der Waals surface area contributed by atoms with Gasteiger partial charge in [0, 0.05) is 12.3 Å². The Labute approximate surface area is 138 Å². The van der Waals surface area contributed by atoms with Crippen LogP contribution in [0.3, 0.4) is 0 Å². The largest absolute Gasteiger partial charge is 0.379 e. The van der Waals surface area contributed by atoms with Crippen molar-refractivity contribution in [1.82, 2.24) is 5.32 Å². The summed E-state index contributed by atoms with van der Waals surface area (Å²) in [7, 11) is 0. The summed E-state index contributed by atoms with van der Waals surface area (Å²) in [5.74, 6) is 0.0576. The molecule has 5 heteroatoms. The molecule has 2 rings (SSSR count). The number of carbonyl (C=O) groups excluding carboxylic acids is 1. The maximum Gasteiger partial charge on any atom is 0.241 e. The van der Waals surface area contributed by atoms with Crippen molar-refractivity contribution in [2.24, 2.45) is 0 Å². The zero-order chi connectivity index (χ0) is 16.5. The fourth-order valence-corrected chi connectivity index (χ4v) is 2.72. The van der Waals surface area contributed by atoms with Crippen molar-refractivity contribution in [2.45, 2.75) is 45.8 Å². The molecular weight excluding hydrogens is 292 g/mol. The molecule has 1 amide bonds. The van der Waals surface area contributed by atoms with Gasteiger partial charge < -0.3 is 20.1 Å². The van der Waals surface area contributed by atoms with Crippen molar-refractivity contribution < 1.29 is 14.3 Å². The molecule has 2 N–H and O–H groups in total. The lowest BCUT2D eigenvalue weighted by Gasteiger charge is -2.23. The molecule has 1 aliphatic heterocycles. The third-order valence-corrected chi connectivity index (χ3v) is 4.16. The zero-order valence-electron chi connectivity index (χ0n) is 14.2. The molecule has 5 nitrogen and oxygen atoms in total. The molecule has 1 atom stereocenters. The van der Waals surface area contributed by atoms with E-state index >= 15 is 0 Å². The van der Waals surface area contributed by atoms with E-state index in [1.165, 1.54) is 0 Å². The van der Waals surface area contributed by atoms with Gasteiger partial charge in [0.25, 0.3) is 0 Å². The maximum atomic E-state index is 12.3. The van der Waals surface area contributed by atoms with Crippen molar-refractivity contribution >= 4 is 11.6 Å². The van der Waals surface area contributed by atoms with Gasteiger partial charge in [-0.05, 0) is 50.4 Å². The van der Waals surface area contributed by atoms with Gasteiger partial charge in [0.2, 0.25) is 5.91 Å². The van der Waals surface area contributed by atoms with Gasteiger partial charge in [0.1, 0.15) is 0 Å². The smallest absolute Gasteiger partial charge is 0.241 e. The molecule has 0 saturated carbocycles. The predicted octanol–water partition coefficient (Wildman–Crippen LogP) is 2.63. The Hall–Kier alpha value is -1.43. The highest BCUT2D eigenvalue weighted by Crippen LogP contribution is 2.20. The van der Waals surface area contributed by atoms with E-state index in [4.69, 9.17) is 9.47 Å². The quantitative estimate of drug-likeness (QED) is 0.723. The number of benzene rings is 1. The van der Waals surface area contributed by atoms with Crippen LogP contribution in [0.4, 0.5) is 5.69 Å². The Morgan fingerprint density at radius 2 is 2.13 bits per heavy atom. The van der Waals surface area contributed by atoms with Crippen LogP contribution in [0, 0.1) is 6.92 Å². The fraction of sp³-hybridized carbons (Fsp3) is 0.611. The van der Waals surface area contributed by atoms with E-state index < -0.39 is 0 Å². The zero-order valence-corrected chi connectivity index (χ0v) is 14.2. The third kappa shape index (κ3) is 5.61. The number of ether oxygens (including phenoxy) is 2. The van der Waals surface area contributed by atoms with Gasteiger partial charge in [0.15, 0.2) is 0 Å². The summed E-state index contributed by atoms with van der Waals surface area (Å²) >= 11 is 0. The summed E-state index contributed by atoms with van der Waals surface area (Å²) in [6.07, 6.45) is 3.17. The van der Waals surface area contributed by atoms with Gasteiger partial charge >= 0.3 is 0 Å². The molecule has 128 valence electrons. The van der Waals surface area contributed by atoms with Crippen LogP contribution in [0.15, 0.2) is 18.2 Å². The van der Waals surface area contributed by atoms with Crippen molar-refractivity contribution in [3.63, 3.8) is 0 Å². The van der Waals surface area contributed by atoms with E-state index in [0.29, 0.717) is 26.4 Å². The van der Waals surface area contributed by atoms with Crippen molar-refractivity contribution in [1.29, 1.82) is 0 Å². The van der Waals surface area contributed by atoms with Crippen LogP contribution in [-0.2, 0) is 20.9 Å². The fourth-order valence-electron chi connectivity index (χ4n) is 2.72. The number of piperidine rings is 1. The Balaban J connectivity index is 1.89. The summed E-state index contributed by atoms with van der Waals surface area (Å²) in [6, 6.07) is 5.86. The van der Waals surface area contributed by atoms with Crippen LogP contribution >= 0.6 is 0 Å². The minimum atomic E-state index is -0.0748. The standard InChI is InChI=1S/C18H28N2O3/c1-3-22-11-12-23-13-15-7-6-9-16(14(15)2)20-18(21)17-8-4-5-10-19-17/h6-7,9,17,19H,3-5,8,10-13H2,1-2H3,(H,20,21). The van der Waals surface area contributed by atoms with Gasteiger partial charge in [-0.3, -0.25) is 4.79 Å². The predicted molar refractivity (Wildman–Crippen MR) is 91.6 cm³/mol. The van der Waals surface area contributed by atoms with Crippen LogP contribution < -0.4 is 10.6 Å². The molecule has 1 aromatic rings. The lowest BCUT2D eigenvalue weighted by molar-refractivity contribution is -0.118. The van der Waals surface area contributed by atoms with E-state index in [1.54, 1.807) is 0 Å². The van der Waals surface area contributed by atoms with Crippen molar-refractivity contribution in [3.8, 4) is 0 Å². The summed E-state index contributed by atoms with van der Waals surface area (Å²) in [5, 5.41) is 6.33. The number of hydrogen-bond acceptors (Lipinski definition) is 4. The van der Waals surface area contributed by atoms with Gasteiger partial charge in [-0.1, -0.05) is 18.6 Å². The first-order valence-electron chi connectivity index (χ1n) is 8.50. The summed E-state index contributed by atoms with van der Waals surface area (Å²) in [4.78, 5) is 12.3. The third-order valence-electron chi connectivity index (χ3n) is 4.16. The highest BCUT2D eigenvalue weighted by Gasteiger charge is 2.21. The van der Waals surface area contributed by atoms with E-state index in [9.17, 15) is 4.79 Å². The number of hydrogen-bond donors (Lipinski definition) is 2. The Morgan fingerprint density at radius 1 is 1.30 bits per heavy atom. The van der Waals surface area contributed by atoms with Crippen LogP contribution in [0.25, 0.3) is 0 Å². The van der Waals surface area contributed by atoms with Crippen molar-refractivity contribution in [3.05, 3.63) is 29.3 Å². The molecule has 1 aromatic carbocycles. The average molecular weight is 320 g/mol. The van der Waals surface area contributed by atoms with Crippen LogP contribution in [0.1, 0.15) is 37.3 Å². The first-order chi connectivity index (χ1) is 11.2. The Bertz CT molecular complexity index is 499. The van der Waals surface area contributed by atoms with E-state index in [2.05, 4.69) is 10.6 Å². The summed E-state index contributed by atoms with van der Waals surface area (Å²) in [6.45, 7) is 7.34. The second-order valence-electron chi connectivity index (χ2n) is 5.83. The monoisotopic (exact) mass is 320 g/mol. The van der Waals surface area contributed by atoms with Crippen LogP contribution in [-0.4, -0.2) is 38.3 Å². The Kier molecular flexibility index (Phi) is 7.52. The number of carbonyl (C=O) groups is 1. The highest BCUT2D eigenvalue weighted by molar-refractivity contribution is 5.95. The summed E-state index contributed by atoms with van der Waals surface area (Å²) < 4.78 is 10.9. The topological polar surface area (TPSA) is 59.6 Å².